The van der Waals surface area contributed by atoms with Crippen molar-refractivity contribution in [2.24, 2.45) is 5.41 Å². The first-order valence-electron chi connectivity index (χ1n) is 7.07. The van der Waals surface area contributed by atoms with Crippen LogP contribution in [-0.4, -0.2) is 0 Å². The van der Waals surface area contributed by atoms with Crippen LogP contribution in [0.25, 0.3) is 0 Å². The third kappa shape index (κ3) is 2.74. The van der Waals surface area contributed by atoms with Crippen molar-refractivity contribution in [3.63, 3.8) is 0 Å². The number of alkyl halides is 1. The van der Waals surface area contributed by atoms with E-state index in [1.165, 1.54) is 36.8 Å². The van der Waals surface area contributed by atoms with E-state index in [1.807, 2.05) is 0 Å². The Labute approximate surface area is 117 Å². The first kappa shape index (κ1) is 13.9. The Morgan fingerprint density at radius 1 is 1.06 bits per heavy atom. The van der Waals surface area contributed by atoms with Gasteiger partial charge in [-0.15, -0.1) is 11.6 Å². The van der Waals surface area contributed by atoms with Gasteiger partial charge in [0.25, 0.3) is 0 Å². The highest BCUT2D eigenvalue weighted by molar-refractivity contribution is 6.21. The molecular weight excluding hydrogens is 240 g/mol. The van der Waals surface area contributed by atoms with Crippen LogP contribution >= 0.6 is 11.6 Å². The van der Waals surface area contributed by atoms with Crippen LogP contribution in [0.5, 0.6) is 0 Å². The zero-order chi connectivity index (χ0) is 13.4. The van der Waals surface area contributed by atoms with Crippen LogP contribution in [0.15, 0.2) is 24.3 Å². The fourth-order valence-electron chi connectivity index (χ4n) is 2.99. The van der Waals surface area contributed by atoms with Gasteiger partial charge in [-0.3, -0.25) is 0 Å². The smallest absolute Gasteiger partial charge is 0.0638 e. The second-order valence-corrected chi connectivity index (χ2v) is 7.53. The van der Waals surface area contributed by atoms with E-state index in [9.17, 15) is 0 Å². The molecule has 0 radical (unpaired) electrons. The molecule has 1 aromatic rings. The van der Waals surface area contributed by atoms with Gasteiger partial charge < -0.3 is 0 Å². The molecule has 100 valence electrons. The van der Waals surface area contributed by atoms with Crippen LogP contribution in [0, 0.1) is 5.41 Å². The number of hydrogen-bond donors (Lipinski definition) is 0. The third-order valence-corrected chi connectivity index (χ3v) is 5.21. The van der Waals surface area contributed by atoms with Crippen LogP contribution in [0.4, 0.5) is 0 Å². The molecule has 0 spiro atoms. The fourth-order valence-corrected chi connectivity index (χ4v) is 3.35. The summed E-state index contributed by atoms with van der Waals surface area (Å²) in [6, 6.07) is 8.93. The maximum absolute atomic E-state index is 6.72. The maximum atomic E-state index is 6.72. The van der Waals surface area contributed by atoms with E-state index in [1.54, 1.807) is 0 Å². The molecule has 1 aromatic carbocycles. The summed E-state index contributed by atoms with van der Waals surface area (Å²) in [7, 11) is 0. The van der Waals surface area contributed by atoms with Crippen molar-refractivity contribution >= 4 is 11.6 Å². The van der Waals surface area contributed by atoms with Crippen molar-refractivity contribution in [1.29, 1.82) is 0 Å². The third-order valence-electron chi connectivity index (χ3n) is 4.43. The lowest BCUT2D eigenvalue weighted by atomic mass is 9.80. The Morgan fingerprint density at radius 3 is 2.00 bits per heavy atom. The average Bonchev–Trinajstić information content (AvgIpc) is 2.75. The van der Waals surface area contributed by atoms with Crippen LogP contribution in [0.2, 0.25) is 0 Å². The Bertz CT molecular complexity index is 391. The summed E-state index contributed by atoms with van der Waals surface area (Å²) < 4.78 is 0. The summed E-state index contributed by atoms with van der Waals surface area (Å²) in [6.45, 7) is 9.09. The molecule has 0 aromatic heterocycles. The van der Waals surface area contributed by atoms with E-state index >= 15 is 0 Å². The lowest BCUT2D eigenvalue weighted by Gasteiger charge is -2.30. The molecule has 2 rings (SSSR count). The molecule has 1 atom stereocenters. The number of hydrogen-bond acceptors (Lipinski definition) is 0. The molecule has 1 fully saturated rings. The van der Waals surface area contributed by atoms with Gasteiger partial charge in [0, 0.05) is 0 Å². The highest BCUT2D eigenvalue weighted by Crippen LogP contribution is 2.50. The standard InChI is InChI=1S/C17H25Cl/c1-16(2,3)14-9-7-13(8-10-14)15(18)17(4)11-5-6-12-17/h7-10,15H,5-6,11-12H2,1-4H3. The minimum absolute atomic E-state index is 0.161. The Morgan fingerprint density at radius 2 is 1.56 bits per heavy atom. The molecule has 1 heteroatoms. The van der Waals surface area contributed by atoms with Gasteiger partial charge >= 0.3 is 0 Å². The van der Waals surface area contributed by atoms with Gasteiger partial charge in [0.05, 0.1) is 5.38 Å². The number of halogens is 1. The molecule has 0 N–H and O–H groups in total. The van der Waals surface area contributed by atoms with Crippen molar-refractivity contribution in [3.05, 3.63) is 35.4 Å². The van der Waals surface area contributed by atoms with Crippen molar-refractivity contribution < 1.29 is 0 Å². The summed E-state index contributed by atoms with van der Waals surface area (Å²) in [5.74, 6) is 0. The molecule has 0 heterocycles. The summed E-state index contributed by atoms with van der Waals surface area (Å²) in [5, 5.41) is 0.161. The van der Waals surface area contributed by atoms with E-state index in [0.29, 0.717) is 5.41 Å². The van der Waals surface area contributed by atoms with Crippen LogP contribution < -0.4 is 0 Å². The molecular formula is C17H25Cl. The predicted octanol–water partition coefficient (Wildman–Crippen LogP) is 5.84. The lowest BCUT2D eigenvalue weighted by Crippen LogP contribution is -2.18. The van der Waals surface area contributed by atoms with Gasteiger partial charge in [0.1, 0.15) is 0 Å². The normalized spacial score (nSPS) is 20.9. The molecule has 0 aliphatic heterocycles. The second-order valence-electron chi connectivity index (χ2n) is 7.10. The van der Waals surface area contributed by atoms with E-state index in [-0.39, 0.29) is 10.8 Å². The maximum Gasteiger partial charge on any atom is 0.0638 e. The largest absolute Gasteiger partial charge is 0.117 e. The summed E-state index contributed by atoms with van der Waals surface area (Å²) in [4.78, 5) is 0. The van der Waals surface area contributed by atoms with Crippen molar-refractivity contribution in [2.75, 3.05) is 0 Å². The van der Waals surface area contributed by atoms with Gasteiger partial charge in [0.15, 0.2) is 0 Å². The van der Waals surface area contributed by atoms with Gasteiger partial charge in [-0.05, 0) is 34.8 Å². The Balaban J connectivity index is 2.19. The molecule has 0 saturated heterocycles. The second kappa shape index (κ2) is 4.89. The van der Waals surface area contributed by atoms with Gasteiger partial charge in [-0.2, -0.15) is 0 Å². The predicted molar refractivity (Wildman–Crippen MR) is 80.3 cm³/mol. The summed E-state index contributed by atoms with van der Waals surface area (Å²) in [5.41, 5.74) is 3.18. The number of rotatable bonds is 2. The Hall–Kier alpha value is -0.490. The van der Waals surface area contributed by atoms with Gasteiger partial charge in [-0.1, -0.05) is 64.8 Å². The van der Waals surface area contributed by atoms with Crippen LogP contribution in [-0.2, 0) is 5.41 Å². The fraction of sp³-hybridized carbons (Fsp3) is 0.647. The lowest BCUT2D eigenvalue weighted by molar-refractivity contribution is 0.322. The van der Waals surface area contributed by atoms with Gasteiger partial charge in [0.2, 0.25) is 0 Å². The van der Waals surface area contributed by atoms with Crippen LogP contribution in [0.1, 0.15) is 69.9 Å². The van der Waals surface area contributed by atoms with E-state index in [0.717, 1.165) is 0 Å². The molecule has 18 heavy (non-hydrogen) atoms. The molecule has 1 aliphatic carbocycles. The summed E-state index contributed by atoms with van der Waals surface area (Å²) >= 11 is 6.72. The molecule has 0 nitrogen and oxygen atoms in total. The molecule has 1 saturated carbocycles. The van der Waals surface area contributed by atoms with Crippen LogP contribution in [0.3, 0.4) is 0 Å². The summed E-state index contributed by atoms with van der Waals surface area (Å²) in [6.07, 6.45) is 5.20. The van der Waals surface area contributed by atoms with Crippen molar-refractivity contribution in [2.45, 2.75) is 64.2 Å². The zero-order valence-electron chi connectivity index (χ0n) is 12.1. The first-order chi connectivity index (χ1) is 8.33. The van der Waals surface area contributed by atoms with E-state index < -0.39 is 0 Å². The first-order valence-corrected chi connectivity index (χ1v) is 7.51. The van der Waals surface area contributed by atoms with Crippen molar-refractivity contribution in [3.8, 4) is 0 Å². The van der Waals surface area contributed by atoms with E-state index in [2.05, 4.69) is 52.0 Å². The zero-order valence-corrected chi connectivity index (χ0v) is 12.8. The molecule has 0 bridgehead atoms. The average molecular weight is 265 g/mol. The molecule has 1 aliphatic rings. The minimum Gasteiger partial charge on any atom is -0.117 e. The van der Waals surface area contributed by atoms with E-state index in [4.69, 9.17) is 11.6 Å². The topological polar surface area (TPSA) is 0 Å². The highest BCUT2D eigenvalue weighted by atomic mass is 35.5. The molecule has 0 amide bonds. The Kier molecular flexibility index (Phi) is 3.78. The van der Waals surface area contributed by atoms with Crippen molar-refractivity contribution in [1.82, 2.24) is 0 Å². The molecule has 1 unspecified atom stereocenters. The highest BCUT2D eigenvalue weighted by Gasteiger charge is 2.36. The minimum atomic E-state index is 0.161. The number of benzene rings is 1. The SMILES string of the molecule is CC(C)(C)c1ccc(C(Cl)C2(C)CCCC2)cc1. The monoisotopic (exact) mass is 264 g/mol. The quantitative estimate of drug-likeness (QED) is 0.588. The van der Waals surface area contributed by atoms with Gasteiger partial charge in [-0.25, -0.2) is 0 Å².